The first-order chi connectivity index (χ1) is 15.2. The highest BCUT2D eigenvalue weighted by Crippen LogP contribution is 2.44. The summed E-state index contributed by atoms with van der Waals surface area (Å²) in [6.07, 6.45) is 7.04. The molecule has 156 valence electrons. The van der Waals surface area contributed by atoms with Crippen molar-refractivity contribution >= 4 is 11.5 Å². The summed E-state index contributed by atoms with van der Waals surface area (Å²) in [5.74, 6) is 1.69. The Morgan fingerprint density at radius 2 is 1.97 bits per heavy atom. The Balaban J connectivity index is 1.42. The van der Waals surface area contributed by atoms with E-state index in [1.165, 1.54) is 7.11 Å². The fourth-order valence-electron chi connectivity index (χ4n) is 4.13. The highest BCUT2D eigenvalue weighted by atomic mass is 16.5. The second-order valence-electron chi connectivity index (χ2n) is 7.84. The van der Waals surface area contributed by atoms with Crippen LogP contribution in [-0.2, 0) is 16.1 Å². The molecule has 0 aliphatic heterocycles. The molecule has 2 aromatic carbocycles. The van der Waals surface area contributed by atoms with Gasteiger partial charge in [-0.2, -0.15) is 0 Å². The first kappa shape index (κ1) is 19.3. The molecule has 31 heavy (non-hydrogen) atoms. The van der Waals surface area contributed by atoms with Gasteiger partial charge in [0.25, 0.3) is 0 Å². The van der Waals surface area contributed by atoms with Crippen LogP contribution in [0.25, 0.3) is 16.9 Å². The number of rotatable bonds is 6. The largest absolute Gasteiger partial charge is 0.489 e. The van der Waals surface area contributed by atoms with Crippen molar-refractivity contribution in [2.24, 2.45) is 5.92 Å². The van der Waals surface area contributed by atoms with Crippen molar-refractivity contribution in [2.45, 2.75) is 25.4 Å². The van der Waals surface area contributed by atoms with Gasteiger partial charge in [0.1, 0.15) is 18.2 Å². The Morgan fingerprint density at radius 3 is 2.77 bits per heavy atom. The van der Waals surface area contributed by atoms with Crippen molar-refractivity contribution in [3.05, 3.63) is 84.4 Å². The number of methoxy groups -OCH3 is 1. The summed E-state index contributed by atoms with van der Waals surface area (Å²) < 4.78 is 12.9. The van der Waals surface area contributed by atoms with Gasteiger partial charge in [0.15, 0.2) is 0 Å². The van der Waals surface area contributed by atoms with Gasteiger partial charge in [-0.15, -0.1) is 0 Å². The lowest BCUT2D eigenvalue weighted by molar-refractivity contribution is -0.148. The van der Waals surface area contributed by atoms with Crippen molar-refractivity contribution in [2.75, 3.05) is 7.11 Å². The van der Waals surface area contributed by atoms with Crippen molar-refractivity contribution in [1.82, 2.24) is 14.4 Å². The van der Waals surface area contributed by atoms with Gasteiger partial charge in [0, 0.05) is 23.9 Å². The lowest BCUT2D eigenvalue weighted by Crippen LogP contribution is -2.30. The number of nitrogens with zero attached hydrogens (tertiary/aromatic N) is 3. The number of imidazole rings is 1. The average molecular weight is 413 g/mol. The van der Waals surface area contributed by atoms with Gasteiger partial charge in [-0.05, 0) is 30.5 Å². The lowest BCUT2D eigenvalue weighted by atomic mass is 9.73. The van der Waals surface area contributed by atoms with E-state index in [1.54, 1.807) is 6.20 Å². The molecule has 0 spiro atoms. The van der Waals surface area contributed by atoms with E-state index < -0.39 is 0 Å². The third kappa shape index (κ3) is 3.77. The second kappa shape index (κ2) is 8.22. The van der Waals surface area contributed by atoms with Gasteiger partial charge in [-0.3, -0.25) is 14.2 Å². The Hall–Kier alpha value is -3.67. The smallest absolute Gasteiger partial charge is 0.308 e. The van der Waals surface area contributed by atoms with E-state index in [-0.39, 0.29) is 17.8 Å². The molecular formula is C25H23N3O3. The molecule has 5 rings (SSSR count). The number of esters is 1. The predicted octanol–water partition coefficient (Wildman–Crippen LogP) is 4.64. The molecule has 0 saturated heterocycles. The fraction of sp³-hybridized carbons (Fsp3) is 0.240. The minimum absolute atomic E-state index is 0.0402. The Bertz CT molecular complexity index is 1210. The number of carbonyl (C=O) groups excluding carboxylic acids is 1. The number of carbonyl (C=O) groups is 1. The third-order valence-electron chi connectivity index (χ3n) is 5.87. The molecule has 1 aliphatic carbocycles. The highest BCUT2D eigenvalue weighted by molar-refractivity contribution is 5.74. The van der Waals surface area contributed by atoms with E-state index in [0.717, 1.165) is 46.8 Å². The van der Waals surface area contributed by atoms with Crippen molar-refractivity contribution in [1.29, 1.82) is 0 Å². The summed E-state index contributed by atoms with van der Waals surface area (Å²) in [5.41, 5.74) is 4.06. The van der Waals surface area contributed by atoms with Crippen LogP contribution in [0.5, 0.6) is 5.75 Å². The number of ether oxygens (including phenoxy) is 2. The van der Waals surface area contributed by atoms with Crippen LogP contribution in [0.3, 0.4) is 0 Å². The third-order valence-corrected chi connectivity index (χ3v) is 5.87. The summed E-state index contributed by atoms with van der Waals surface area (Å²) in [6.45, 7) is 0.513. The quantitative estimate of drug-likeness (QED) is 0.431. The molecule has 0 N–H and O–H groups in total. The van der Waals surface area contributed by atoms with Crippen LogP contribution >= 0.6 is 0 Å². The molecule has 0 bridgehead atoms. The van der Waals surface area contributed by atoms with Crippen molar-refractivity contribution in [3.63, 3.8) is 0 Å². The van der Waals surface area contributed by atoms with Gasteiger partial charge in [-0.25, -0.2) is 4.98 Å². The van der Waals surface area contributed by atoms with Crippen LogP contribution in [0.2, 0.25) is 0 Å². The molecule has 1 aliphatic rings. The normalized spacial score (nSPS) is 17.8. The van der Waals surface area contributed by atoms with Crippen molar-refractivity contribution in [3.8, 4) is 17.1 Å². The fourth-order valence-corrected chi connectivity index (χ4v) is 4.13. The molecule has 1 saturated carbocycles. The number of hydrogen-bond acceptors (Lipinski definition) is 5. The Kier molecular flexibility index (Phi) is 5.12. The molecule has 0 radical (unpaired) electrons. The maximum Gasteiger partial charge on any atom is 0.308 e. The Labute approximate surface area is 180 Å². The second-order valence-corrected chi connectivity index (χ2v) is 7.84. The van der Waals surface area contributed by atoms with E-state index in [9.17, 15) is 4.79 Å². The predicted molar refractivity (Wildman–Crippen MR) is 117 cm³/mol. The molecular weight excluding hydrogens is 390 g/mol. The van der Waals surface area contributed by atoms with Gasteiger partial charge in [0.05, 0.1) is 30.4 Å². The summed E-state index contributed by atoms with van der Waals surface area (Å²) >= 11 is 0. The van der Waals surface area contributed by atoms with E-state index in [1.807, 2.05) is 67.0 Å². The van der Waals surface area contributed by atoms with Crippen LogP contribution in [0.4, 0.5) is 0 Å². The van der Waals surface area contributed by atoms with Crippen LogP contribution in [0.1, 0.15) is 30.0 Å². The monoisotopic (exact) mass is 413 g/mol. The minimum Gasteiger partial charge on any atom is -0.489 e. The molecule has 6 nitrogen and oxygen atoms in total. The summed E-state index contributed by atoms with van der Waals surface area (Å²) in [4.78, 5) is 21.1. The van der Waals surface area contributed by atoms with E-state index in [4.69, 9.17) is 14.5 Å². The maximum absolute atomic E-state index is 11.8. The number of benzene rings is 2. The average Bonchev–Trinajstić information content (AvgIpc) is 3.17. The number of hydrogen-bond donors (Lipinski definition) is 0. The SMILES string of the molecule is COC(=O)C1CC(c2nc(-c3cccc(OCc4ccccc4)c3)n3ccncc23)C1. The summed E-state index contributed by atoms with van der Waals surface area (Å²) in [6, 6.07) is 18.1. The summed E-state index contributed by atoms with van der Waals surface area (Å²) in [5, 5.41) is 0. The van der Waals surface area contributed by atoms with Gasteiger partial charge < -0.3 is 9.47 Å². The minimum atomic E-state index is -0.138. The van der Waals surface area contributed by atoms with Gasteiger partial charge in [-0.1, -0.05) is 42.5 Å². The van der Waals surface area contributed by atoms with E-state index in [0.29, 0.717) is 6.61 Å². The molecule has 0 unspecified atom stereocenters. The van der Waals surface area contributed by atoms with E-state index >= 15 is 0 Å². The molecule has 0 atom stereocenters. The zero-order valence-corrected chi connectivity index (χ0v) is 17.3. The molecule has 2 heterocycles. The van der Waals surface area contributed by atoms with Gasteiger partial charge >= 0.3 is 5.97 Å². The summed E-state index contributed by atoms with van der Waals surface area (Å²) in [7, 11) is 1.44. The molecule has 2 aromatic heterocycles. The number of aromatic nitrogens is 3. The molecule has 1 fully saturated rings. The lowest BCUT2D eigenvalue weighted by Gasteiger charge is -2.32. The van der Waals surface area contributed by atoms with Crippen LogP contribution in [0, 0.1) is 5.92 Å². The van der Waals surface area contributed by atoms with Crippen LogP contribution in [0.15, 0.2) is 73.2 Å². The van der Waals surface area contributed by atoms with Crippen LogP contribution < -0.4 is 4.74 Å². The first-order valence-electron chi connectivity index (χ1n) is 10.4. The standard InChI is InChI=1S/C25H23N3O3/c1-30-25(29)20-12-19(13-20)23-22-15-26-10-11-28(22)24(27-23)18-8-5-9-21(14-18)31-16-17-6-3-2-4-7-17/h2-11,14-15,19-20H,12-13,16H2,1H3. The highest BCUT2D eigenvalue weighted by Gasteiger charge is 2.38. The molecule has 6 heteroatoms. The number of fused-ring (bicyclic) bond motifs is 1. The topological polar surface area (TPSA) is 65.7 Å². The molecule has 0 amide bonds. The van der Waals surface area contributed by atoms with Crippen LogP contribution in [-0.4, -0.2) is 27.4 Å². The maximum atomic E-state index is 11.8. The van der Waals surface area contributed by atoms with Crippen molar-refractivity contribution < 1.29 is 14.3 Å². The first-order valence-corrected chi connectivity index (χ1v) is 10.4. The van der Waals surface area contributed by atoms with Gasteiger partial charge in [0.2, 0.25) is 0 Å². The van der Waals surface area contributed by atoms with E-state index in [2.05, 4.69) is 9.38 Å². The molecule has 4 aromatic rings. The zero-order chi connectivity index (χ0) is 21.2. The zero-order valence-electron chi connectivity index (χ0n) is 17.3. The Morgan fingerprint density at radius 1 is 1.13 bits per heavy atom.